The highest BCUT2D eigenvalue weighted by atomic mass is 32.1. The van der Waals surface area contributed by atoms with Crippen LogP contribution in [0.3, 0.4) is 0 Å². The van der Waals surface area contributed by atoms with Gasteiger partial charge in [-0.3, -0.25) is 9.88 Å². The van der Waals surface area contributed by atoms with E-state index >= 15 is 0 Å². The molecule has 1 saturated heterocycles. The number of pyridine rings is 1. The van der Waals surface area contributed by atoms with E-state index in [0.717, 1.165) is 65.9 Å². The van der Waals surface area contributed by atoms with Crippen LogP contribution in [0.2, 0.25) is 0 Å². The molecule has 1 aliphatic heterocycles. The number of anilines is 2. The molecule has 0 spiro atoms. The standard InChI is InChI=1S/C28H28N4OS/c1-18-3-6-26(19(2)11-18)31-28-22(14-29)15-30-27-13-20(4-5-25(27)28)21-12-24(34-17-21)16-32-9-7-23(33)8-10-32/h3-6,11-13,15,17,23,33H,7-10,16H2,1-2H3,(H,30,31). The molecule has 5 rings (SSSR count). The summed E-state index contributed by atoms with van der Waals surface area (Å²) in [5, 5.41) is 26.1. The summed E-state index contributed by atoms with van der Waals surface area (Å²) >= 11 is 1.78. The molecule has 5 nitrogen and oxygen atoms in total. The minimum Gasteiger partial charge on any atom is -0.393 e. The van der Waals surface area contributed by atoms with Crippen LogP contribution in [0.5, 0.6) is 0 Å². The monoisotopic (exact) mass is 468 g/mol. The summed E-state index contributed by atoms with van der Waals surface area (Å²) in [5.41, 5.74) is 7.84. The average Bonchev–Trinajstić information content (AvgIpc) is 3.30. The first kappa shape index (κ1) is 22.5. The Morgan fingerprint density at radius 2 is 1.94 bits per heavy atom. The Hall–Kier alpha value is -3.24. The molecule has 2 aromatic carbocycles. The van der Waals surface area contributed by atoms with E-state index in [1.165, 1.54) is 16.0 Å². The van der Waals surface area contributed by atoms with E-state index in [-0.39, 0.29) is 6.10 Å². The molecule has 34 heavy (non-hydrogen) atoms. The van der Waals surface area contributed by atoms with Crippen molar-refractivity contribution in [1.29, 1.82) is 5.26 Å². The zero-order chi connectivity index (χ0) is 23.7. The van der Waals surface area contributed by atoms with Gasteiger partial charge in [0.25, 0.3) is 0 Å². The SMILES string of the molecule is Cc1ccc(Nc2c(C#N)cnc3cc(-c4csc(CN5CCC(O)CC5)c4)ccc23)c(C)c1. The van der Waals surface area contributed by atoms with Crippen LogP contribution in [0.4, 0.5) is 11.4 Å². The molecule has 0 bridgehead atoms. The third-order valence-electron chi connectivity index (χ3n) is 6.55. The summed E-state index contributed by atoms with van der Waals surface area (Å²) in [7, 11) is 0. The Morgan fingerprint density at radius 1 is 1.12 bits per heavy atom. The number of nitrogens with one attached hydrogen (secondary N) is 1. The van der Waals surface area contributed by atoms with Crippen molar-refractivity contribution in [3.63, 3.8) is 0 Å². The molecule has 0 atom stereocenters. The average molecular weight is 469 g/mol. The smallest absolute Gasteiger partial charge is 0.103 e. The Labute approximate surface area is 204 Å². The fourth-order valence-corrected chi connectivity index (χ4v) is 5.53. The second-order valence-electron chi connectivity index (χ2n) is 9.14. The van der Waals surface area contributed by atoms with E-state index in [0.29, 0.717) is 5.56 Å². The number of hydrogen-bond donors (Lipinski definition) is 2. The van der Waals surface area contributed by atoms with Gasteiger partial charge in [0.2, 0.25) is 0 Å². The first-order valence-electron chi connectivity index (χ1n) is 11.7. The molecule has 1 fully saturated rings. The highest BCUT2D eigenvalue weighted by Gasteiger charge is 2.18. The van der Waals surface area contributed by atoms with Crippen LogP contribution < -0.4 is 5.32 Å². The maximum Gasteiger partial charge on any atom is 0.103 e. The van der Waals surface area contributed by atoms with Gasteiger partial charge in [-0.2, -0.15) is 5.26 Å². The lowest BCUT2D eigenvalue weighted by atomic mass is 10.0. The fourth-order valence-electron chi connectivity index (χ4n) is 4.59. The number of likely N-dealkylation sites (tertiary alicyclic amines) is 1. The van der Waals surface area contributed by atoms with E-state index < -0.39 is 0 Å². The van der Waals surface area contributed by atoms with Gasteiger partial charge in [-0.05, 0) is 67.0 Å². The van der Waals surface area contributed by atoms with Gasteiger partial charge in [0.1, 0.15) is 6.07 Å². The van der Waals surface area contributed by atoms with Crippen molar-refractivity contribution in [2.24, 2.45) is 0 Å². The van der Waals surface area contributed by atoms with Gasteiger partial charge in [-0.1, -0.05) is 29.8 Å². The molecule has 6 heteroatoms. The third kappa shape index (κ3) is 4.69. The summed E-state index contributed by atoms with van der Waals surface area (Å²) in [5.74, 6) is 0. The highest BCUT2D eigenvalue weighted by molar-refractivity contribution is 7.10. The van der Waals surface area contributed by atoms with Gasteiger partial charge >= 0.3 is 0 Å². The van der Waals surface area contributed by atoms with Crippen molar-refractivity contribution in [3.8, 4) is 17.2 Å². The summed E-state index contributed by atoms with van der Waals surface area (Å²) in [4.78, 5) is 8.34. The van der Waals surface area contributed by atoms with Gasteiger partial charge in [-0.25, -0.2) is 0 Å². The van der Waals surface area contributed by atoms with Crippen molar-refractivity contribution in [1.82, 2.24) is 9.88 Å². The molecule has 3 heterocycles. The number of aryl methyl sites for hydroxylation is 2. The maximum atomic E-state index is 9.74. The molecule has 4 aromatic rings. The molecule has 2 N–H and O–H groups in total. The normalized spacial score (nSPS) is 14.9. The van der Waals surface area contributed by atoms with Crippen molar-refractivity contribution in [2.45, 2.75) is 39.3 Å². The van der Waals surface area contributed by atoms with Crippen molar-refractivity contribution < 1.29 is 5.11 Å². The fraction of sp³-hybridized carbons (Fsp3) is 0.286. The number of aromatic nitrogens is 1. The zero-order valence-electron chi connectivity index (χ0n) is 19.5. The molecule has 0 aliphatic carbocycles. The second-order valence-corrected chi connectivity index (χ2v) is 10.1. The van der Waals surface area contributed by atoms with Crippen LogP contribution in [0, 0.1) is 25.2 Å². The molecule has 0 unspecified atom stereocenters. The first-order chi connectivity index (χ1) is 16.5. The molecular formula is C28H28N4OS. The van der Waals surface area contributed by atoms with E-state index in [1.807, 2.05) is 0 Å². The number of piperidine rings is 1. The Morgan fingerprint density at radius 3 is 2.71 bits per heavy atom. The molecule has 0 amide bonds. The molecule has 0 saturated carbocycles. The summed E-state index contributed by atoms with van der Waals surface area (Å²) in [6.45, 7) is 6.98. The number of thiophene rings is 1. The van der Waals surface area contributed by atoms with Gasteiger partial charge in [0.15, 0.2) is 0 Å². The number of aliphatic hydroxyl groups excluding tert-OH is 1. The third-order valence-corrected chi connectivity index (χ3v) is 7.48. The van der Waals surface area contributed by atoms with Gasteiger partial charge < -0.3 is 10.4 Å². The summed E-state index contributed by atoms with van der Waals surface area (Å²) in [6.07, 6.45) is 3.23. The van der Waals surface area contributed by atoms with E-state index in [9.17, 15) is 10.4 Å². The number of rotatable bonds is 5. The summed E-state index contributed by atoms with van der Waals surface area (Å²) < 4.78 is 0. The maximum absolute atomic E-state index is 9.74. The van der Waals surface area contributed by atoms with Crippen LogP contribution in [0.25, 0.3) is 22.0 Å². The van der Waals surface area contributed by atoms with Crippen molar-refractivity contribution in [3.05, 3.63) is 75.6 Å². The molecule has 2 aromatic heterocycles. The van der Waals surface area contributed by atoms with Crippen LogP contribution in [-0.4, -0.2) is 34.2 Å². The lowest BCUT2D eigenvalue weighted by molar-refractivity contribution is 0.0797. The number of nitriles is 1. The second kappa shape index (κ2) is 9.55. The van der Waals surface area contributed by atoms with E-state index in [4.69, 9.17) is 0 Å². The Balaban J connectivity index is 1.43. The largest absolute Gasteiger partial charge is 0.393 e. The van der Waals surface area contributed by atoms with Gasteiger partial charge in [0.05, 0.1) is 22.9 Å². The van der Waals surface area contributed by atoms with Crippen molar-refractivity contribution in [2.75, 3.05) is 18.4 Å². The number of nitrogens with zero attached hydrogens (tertiary/aromatic N) is 3. The zero-order valence-corrected chi connectivity index (χ0v) is 20.3. The highest BCUT2D eigenvalue weighted by Crippen LogP contribution is 2.34. The number of fused-ring (bicyclic) bond motifs is 1. The summed E-state index contributed by atoms with van der Waals surface area (Å²) in [6, 6.07) is 17.1. The number of benzene rings is 2. The van der Waals surface area contributed by atoms with Crippen molar-refractivity contribution >= 4 is 33.6 Å². The molecule has 1 aliphatic rings. The lowest BCUT2D eigenvalue weighted by Crippen LogP contribution is -2.35. The lowest BCUT2D eigenvalue weighted by Gasteiger charge is -2.28. The minimum absolute atomic E-state index is 0.143. The topological polar surface area (TPSA) is 72.2 Å². The minimum atomic E-state index is -0.143. The van der Waals surface area contributed by atoms with Gasteiger partial charge in [-0.15, -0.1) is 11.3 Å². The number of aliphatic hydroxyl groups is 1. The quantitative estimate of drug-likeness (QED) is 0.367. The molecule has 0 radical (unpaired) electrons. The molecule has 172 valence electrons. The first-order valence-corrected chi connectivity index (χ1v) is 12.5. The Kier molecular flexibility index (Phi) is 6.34. The molecular weight excluding hydrogens is 440 g/mol. The van der Waals surface area contributed by atoms with Crippen LogP contribution in [0.15, 0.2) is 54.0 Å². The van der Waals surface area contributed by atoms with E-state index in [1.54, 1.807) is 17.5 Å². The predicted molar refractivity (Wildman–Crippen MR) is 139 cm³/mol. The van der Waals surface area contributed by atoms with Crippen LogP contribution in [-0.2, 0) is 6.54 Å². The van der Waals surface area contributed by atoms with Crippen LogP contribution in [0.1, 0.15) is 34.4 Å². The van der Waals surface area contributed by atoms with Crippen LogP contribution >= 0.6 is 11.3 Å². The predicted octanol–water partition coefficient (Wildman–Crippen LogP) is 6.15. The van der Waals surface area contributed by atoms with E-state index in [2.05, 4.69) is 83.0 Å². The van der Waals surface area contributed by atoms with Gasteiger partial charge in [0, 0.05) is 41.8 Å². The number of hydrogen-bond acceptors (Lipinski definition) is 6. The Bertz CT molecular complexity index is 1380.